The highest BCUT2D eigenvalue weighted by Gasteiger charge is 2.34. The maximum atomic E-state index is 13.6. The zero-order valence-corrected chi connectivity index (χ0v) is 12.7. The highest BCUT2D eigenvalue weighted by molar-refractivity contribution is 6.30. The van der Waals surface area contributed by atoms with Crippen molar-refractivity contribution in [3.63, 3.8) is 0 Å². The summed E-state index contributed by atoms with van der Waals surface area (Å²) in [6.07, 6.45) is 5.62. The summed E-state index contributed by atoms with van der Waals surface area (Å²) in [5.74, 6) is -0.616. The van der Waals surface area contributed by atoms with Crippen molar-refractivity contribution in [2.45, 2.75) is 44.2 Å². The average Bonchev–Trinajstić information content (AvgIpc) is 3.33. The fraction of sp³-hybridized carbons (Fsp3) is 0.562. The molecule has 0 bridgehead atoms. The highest BCUT2D eigenvalue weighted by Crippen LogP contribution is 2.29. The van der Waals surface area contributed by atoms with Gasteiger partial charge in [0.1, 0.15) is 5.82 Å². The van der Waals surface area contributed by atoms with Gasteiger partial charge in [-0.05, 0) is 50.4 Å². The van der Waals surface area contributed by atoms with Crippen molar-refractivity contribution in [1.29, 1.82) is 0 Å². The lowest BCUT2D eigenvalue weighted by atomic mass is 10.0. The van der Waals surface area contributed by atoms with Crippen molar-refractivity contribution in [2.24, 2.45) is 0 Å². The van der Waals surface area contributed by atoms with Crippen LogP contribution >= 0.6 is 11.6 Å². The third-order valence-corrected chi connectivity index (χ3v) is 4.55. The summed E-state index contributed by atoms with van der Waals surface area (Å²) in [6.45, 7) is 1.74. The highest BCUT2D eigenvalue weighted by atomic mass is 35.5. The van der Waals surface area contributed by atoms with Crippen LogP contribution in [0.5, 0.6) is 0 Å². The Bertz CT molecular complexity index is 527. The molecule has 1 saturated carbocycles. The molecule has 3 rings (SSSR count). The summed E-state index contributed by atoms with van der Waals surface area (Å²) >= 11 is 5.69. The first-order valence-corrected chi connectivity index (χ1v) is 8.02. The number of carbonyl (C=O) groups excluding carboxylic acids is 1. The van der Waals surface area contributed by atoms with E-state index in [1.54, 1.807) is 6.07 Å². The molecule has 5 heteroatoms. The molecule has 1 aromatic carbocycles. The van der Waals surface area contributed by atoms with Gasteiger partial charge in [0, 0.05) is 24.2 Å². The number of piperidine rings is 1. The molecule has 114 valence electrons. The molecule has 1 aliphatic carbocycles. The molecule has 21 heavy (non-hydrogen) atoms. The van der Waals surface area contributed by atoms with Crippen LogP contribution < -0.4 is 5.32 Å². The Hall–Kier alpha value is -1.13. The summed E-state index contributed by atoms with van der Waals surface area (Å²) in [4.78, 5) is 14.6. The smallest absolute Gasteiger partial charge is 0.254 e. The zero-order chi connectivity index (χ0) is 14.8. The Morgan fingerprint density at radius 2 is 2.14 bits per heavy atom. The molecule has 1 unspecified atom stereocenters. The van der Waals surface area contributed by atoms with Crippen molar-refractivity contribution in [3.05, 3.63) is 34.6 Å². The van der Waals surface area contributed by atoms with Gasteiger partial charge in [-0.1, -0.05) is 18.0 Å². The third-order valence-electron chi connectivity index (χ3n) is 4.24. The minimum absolute atomic E-state index is 0.0541. The van der Waals surface area contributed by atoms with Crippen LogP contribution in [-0.4, -0.2) is 36.0 Å². The van der Waals surface area contributed by atoms with E-state index >= 15 is 0 Å². The first-order valence-electron chi connectivity index (χ1n) is 7.64. The van der Waals surface area contributed by atoms with Crippen LogP contribution in [0.4, 0.5) is 4.39 Å². The molecule has 2 fully saturated rings. The monoisotopic (exact) mass is 310 g/mol. The summed E-state index contributed by atoms with van der Waals surface area (Å²) < 4.78 is 13.6. The summed E-state index contributed by atoms with van der Waals surface area (Å²) in [7, 11) is 0. The third kappa shape index (κ3) is 3.55. The van der Waals surface area contributed by atoms with E-state index in [4.69, 9.17) is 11.6 Å². The van der Waals surface area contributed by atoms with Crippen LogP contribution in [0.25, 0.3) is 0 Å². The van der Waals surface area contributed by atoms with E-state index < -0.39 is 5.82 Å². The van der Waals surface area contributed by atoms with Gasteiger partial charge in [0.25, 0.3) is 5.91 Å². The number of hydrogen-bond donors (Lipinski definition) is 1. The molecular formula is C16H20ClFN2O. The molecule has 1 aromatic rings. The fourth-order valence-electron chi connectivity index (χ4n) is 2.90. The van der Waals surface area contributed by atoms with Crippen molar-refractivity contribution >= 4 is 17.5 Å². The average molecular weight is 311 g/mol. The van der Waals surface area contributed by atoms with E-state index in [0.29, 0.717) is 24.2 Å². The van der Waals surface area contributed by atoms with Gasteiger partial charge in [0.2, 0.25) is 0 Å². The first-order chi connectivity index (χ1) is 10.1. The van der Waals surface area contributed by atoms with Crippen LogP contribution in [-0.2, 0) is 0 Å². The van der Waals surface area contributed by atoms with Crippen LogP contribution in [0.1, 0.15) is 42.5 Å². The molecule has 3 nitrogen and oxygen atoms in total. The first kappa shape index (κ1) is 14.8. The van der Waals surface area contributed by atoms with Gasteiger partial charge in [0.05, 0.1) is 5.02 Å². The number of nitrogens with zero attached hydrogens (tertiary/aromatic N) is 1. The second-order valence-corrected chi connectivity index (χ2v) is 6.37. The largest absolute Gasteiger partial charge is 0.334 e. The van der Waals surface area contributed by atoms with Crippen molar-refractivity contribution < 1.29 is 9.18 Å². The standard InChI is InChI=1S/C16H20ClFN2O/c17-14-7-4-11(9-15(14)18)16(21)20(13-5-6-13)10-12-3-1-2-8-19-12/h4,7,9,12-13,19H,1-3,5-6,8,10H2. The van der Waals surface area contributed by atoms with Gasteiger partial charge in [0.15, 0.2) is 0 Å². The van der Waals surface area contributed by atoms with E-state index in [2.05, 4.69) is 5.32 Å². The van der Waals surface area contributed by atoms with Gasteiger partial charge < -0.3 is 10.2 Å². The van der Waals surface area contributed by atoms with Gasteiger partial charge in [-0.3, -0.25) is 4.79 Å². The van der Waals surface area contributed by atoms with E-state index in [0.717, 1.165) is 25.8 Å². The van der Waals surface area contributed by atoms with E-state index in [9.17, 15) is 9.18 Å². The maximum absolute atomic E-state index is 13.6. The van der Waals surface area contributed by atoms with Gasteiger partial charge >= 0.3 is 0 Å². The molecule has 2 aliphatic rings. The minimum atomic E-state index is -0.533. The Morgan fingerprint density at radius 3 is 2.76 bits per heavy atom. The number of hydrogen-bond acceptors (Lipinski definition) is 2. The number of benzene rings is 1. The molecule has 1 atom stereocenters. The van der Waals surface area contributed by atoms with E-state index in [1.807, 2.05) is 4.90 Å². The van der Waals surface area contributed by atoms with Crippen LogP contribution in [0, 0.1) is 5.82 Å². The van der Waals surface area contributed by atoms with Crippen LogP contribution in [0.15, 0.2) is 18.2 Å². The predicted molar refractivity (Wildman–Crippen MR) is 81.1 cm³/mol. The van der Waals surface area contributed by atoms with Crippen LogP contribution in [0.3, 0.4) is 0 Å². The molecule has 1 heterocycles. The summed E-state index contributed by atoms with van der Waals surface area (Å²) in [5, 5.41) is 3.52. The maximum Gasteiger partial charge on any atom is 0.254 e. The van der Waals surface area contributed by atoms with Gasteiger partial charge in [-0.2, -0.15) is 0 Å². The van der Waals surface area contributed by atoms with Gasteiger partial charge in [-0.15, -0.1) is 0 Å². The zero-order valence-electron chi connectivity index (χ0n) is 11.9. The lowest BCUT2D eigenvalue weighted by Gasteiger charge is -2.31. The lowest BCUT2D eigenvalue weighted by molar-refractivity contribution is 0.0717. The molecule has 1 saturated heterocycles. The van der Waals surface area contributed by atoms with Crippen molar-refractivity contribution in [1.82, 2.24) is 10.2 Å². The quantitative estimate of drug-likeness (QED) is 0.926. The number of carbonyl (C=O) groups is 1. The molecule has 1 amide bonds. The second kappa shape index (κ2) is 6.32. The number of amides is 1. The molecule has 0 aromatic heterocycles. The second-order valence-electron chi connectivity index (χ2n) is 5.96. The van der Waals surface area contributed by atoms with Crippen molar-refractivity contribution in [2.75, 3.05) is 13.1 Å². The Morgan fingerprint density at radius 1 is 1.33 bits per heavy atom. The van der Waals surface area contributed by atoms with E-state index in [1.165, 1.54) is 25.0 Å². The number of nitrogens with one attached hydrogen (secondary N) is 1. The number of halogens is 2. The fourth-order valence-corrected chi connectivity index (χ4v) is 3.01. The summed E-state index contributed by atoms with van der Waals surface area (Å²) in [5.41, 5.74) is 0.389. The molecule has 0 spiro atoms. The van der Waals surface area contributed by atoms with E-state index in [-0.39, 0.29) is 10.9 Å². The Kier molecular flexibility index (Phi) is 4.45. The minimum Gasteiger partial charge on any atom is -0.334 e. The Balaban J connectivity index is 1.73. The van der Waals surface area contributed by atoms with Gasteiger partial charge in [-0.25, -0.2) is 4.39 Å². The topological polar surface area (TPSA) is 32.3 Å². The molecular weight excluding hydrogens is 291 g/mol. The van der Waals surface area contributed by atoms with Crippen molar-refractivity contribution in [3.8, 4) is 0 Å². The molecule has 1 N–H and O–H groups in total. The molecule has 0 radical (unpaired) electrons. The lowest BCUT2D eigenvalue weighted by Crippen LogP contribution is -2.46. The Labute approximate surface area is 129 Å². The molecule has 1 aliphatic heterocycles. The SMILES string of the molecule is O=C(c1ccc(Cl)c(F)c1)N(CC1CCCCN1)C1CC1. The predicted octanol–water partition coefficient (Wildman–Crippen LogP) is 3.23. The number of rotatable bonds is 4. The summed E-state index contributed by atoms with van der Waals surface area (Å²) in [6, 6.07) is 4.99. The normalized spacial score (nSPS) is 22.1. The van der Waals surface area contributed by atoms with Crippen LogP contribution in [0.2, 0.25) is 5.02 Å².